The molecule has 0 aliphatic carbocycles. The van der Waals surface area contributed by atoms with E-state index >= 15 is 0 Å². The Morgan fingerprint density at radius 1 is 1.03 bits per heavy atom. The van der Waals surface area contributed by atoms with E-state index < -0.39 is 11.5 Å². The summed E-state index contributed by atoms with van der Waals surface area (Å²) in [6.45, 7) is 3.94. The lowest BCUT2D eigenvalue weighted by molar-refractivity contribution is -0.142. The number of amidine groups is 1. The Morgan fingerprint density at radius 3 is 2.23 bits per heavy atom. The highest BCUT2D eigenvalue weighted by molar-refractivity contribution is 5.95. The van der Waals surface area contributed by atoms with Gasteiger partial charge in [-0.25, -0.2) is 4.79 Å². The minimum Gasteiger partial charge on any atom is -0.479 e. The van der Waals surface area contributed by atoms with Gasteiger partial charge in [0.25, 0.3) is 0 Å². The number of nitrogens with two attached hydrogens (primary N) is 1. The van der Waals surface area contributed by atoms with Crippen molar-refractivity contribution in [3.8, 4) is 11.1 Å². The Kier molecular flexibility index (Phi) is 6.21. The molecule has 3 rings (SSSR count). The zero-order valence-corrected chi connectivity index (χ0v) is 17.3. The van der Waals surface area contributed by atoms with E-state index in [2.05, 4.69) is 24.4 Å². The molecule has 0 bridgehead atoms. The highest BCUT2D eigenvalue weighted by Crippen LogP contribution is 2.34. The summed E-state index contributed by atoms with van der Waals surface area (Å²) >= 11 is 0. The molecule has 0 radical (unpaired) electrons. The second-order valence-corrected chi connectivity index (χ2v) is 7.27. The smallest absolute Gasteiger partial charge is 0.334 e. The number of anilines is 1. The summed E-state index contributed by atoms with van der Waals surface area (Å²) in [7, 11) is 0. The van der Waals surface area contributed by atoms with Crippen LogP contribution in [0.2, 0.25) is 0 Å². The largest absolute Gasteiger partial charge is 0.479 e. The first-order valence-electron chi connectivity index (χ1n) is 10.1. The zero-order chi connectivity index (χ0) is 21.7. The van der Waals surface area contributed by atoms with Crippen LogP contribution in [0.15, 0.2) is 72.8 Å². The van der Waals surface area contributed by atoms with Crippen molar-refractivity contribution in [3.05, 3.63) is 89.5 Å². The third-order valence-corrected chi connectivity index (χ3v) is 5.51. The quantitative estimate of drug-likeness (QED) is 0.315. The van der Waals surface area contributed by atoms with Gasteiger partial charge >= 0.3 is 5.97 Å². The molecular formula is C25H27N3O2. The van der Waals surface area contributed by atoms with Crippen molar-refractivity contribution in [3.63, 3.8) is 0 Å². The van der Waals surface area contributed by atoms with Gasteiger partial charge in [-0.05, 0) is 59.4 Å². The van der Waals surface area contributed by atoms with Crippen molar-refractivity contribution in [2.24, 2.45) is 5.73 Å². The van der Waals surface area contributed by atoms with Crippen LogP contribution in [0.5, 0.6) is 0 Å². The summed E-state index contributed by atoms with van der Waals surface area (Å²) in [5.41, 5.74) is 9.56. The first-order valence-corrected chi connectivity index (χ1v) is 10.1. The molecule has 0 saturated heterocycles. The lowest BCUT2D eigenvalue weighted by atomic mass is 9.83. The third-order valence-electron chi connectivity index (χ3n) is 5.51. The highest BCUT2D eigenvalue weighted by atomic mass is 16.4. The third kappa shape index (κ3) is 4.06. The van der Waals surface area contributed by atoms with Gasteiger partial charge in [0.05, 0.1) is 0 Å². The SMILES string of the molecule is CCc1cc(C(CC)(Nc2ccc(C(=N)N)cc2)C(=O)O)ccc1-c1ccccc1. The van der Waals surface area contributed by atoms with Crippen molar-refractivity contribution < 1.29 is 9.90 Å². The van der Waals surface area contributed by atoms with Crippen molar-refractivity contribution >= 4 is 17.5 Å². The zero-order valence-electron chi connectivity index (χ0n) is 17.3. The van der Waals surface area contributed by atoms with E-state index in [0.717, 1.165) is 23.1 Å². The van der Waals surface area contributed by atoms with Crippen LogP contribution in [0.1, 0.15) is 37.0 Å². The minimum atomic E-state index is -1.27. The number of aliphatic carboxylic acids is 1. The molecule has 0 aliphatic heterocycles. The second-order valence-electron chi connectivity index (χ2n) is 7.27. The van der Waals surface area contributed by atoms with E-state index in [1.807, 2.05) is 43.3 Å². The summed E-state index contributed by atoms with van der Waals surface area (Å²) < 4.78 is 0. The van der Waals surface area contributed by atoms with Crippen LogP contribution < -0.4 is 11.1 Å². The fraction of sp³-hybridized carbons (Fsp3) is 0.200. The molecule has 5 nitrogen and oxygen atoms in total. The highest BCUT2D eigenvalue weighted by Gasteiger charge is 2.39. The summed E-state index contributed by atoms with van der Waals surface area (Å²) in [5.74, 6) is -0.958. The molecule has 154 valence electrons. The van der Waals surface area contributed by atoms with Crippen LogP contribution in [0, 0.1) is 5.41 Å². The summed E-state index contributed by atoms with van der Waals surface area (Å²) in [5, 5.41) is 21.0. The Morgan fingerprint density at radius 2 is 1.70 bits per heavy atom. The number of carboxylic acids is 1. The maximum atomic E-state index is 12.5. The maximum Gasteiger partial charge on any atom is 0.334 e. The number of benzene rings is 3. The van der Waals surface area contributed by atoms with E-state index in [4.69, 9.17) is 11.1 Å². The Labute approximate surface area is 177 Å². The Balaban J connectivity index is 2.04. The average molecular weight is 402 g/mol. The van der Waals surface area contributed by atoms with E-state index in [0.29, 0.717) is 23.2 Å². The fourth-order valence-corrected chi connectivity index (χ4v) is 3.72. The number of aryl methyl sites for hydroxylation is 1. The fourth-order valence-electron chi connectivity index (χ4n) is 3.72. The first kappa shape index (κ1) is 21.1. The van der Waals surface area contributed by atoms with Gasteiger partial charge in [-0.1, -0.05) is 62.4 Å². The molecule has 5 N–H and O–H groups in total. The predicted molar refractivity (Wildman–Crippen MR) is 122 cm³/mol. The number of carbonyl (C=O) groups is 1. The van der Waals surface area contributed by atoms with Crippen LogP contribution in [0.4, 0.5) is 5.69 Å². The number of nitrogen functional groups attached to an aromatic ring is 1. The molecule has 1 unspecified atom stereocenters. The van der Waals surface area contributed by atoms with Gasteiger partial charge in [0.1, 0.15) is 5.84 Å². The van der Waals surface area contributed by atoms with E-state index in [-0.39, 0.29) is 5.84 Å². The van der Waals surface area contributed by atoms with Gasteiger partial charge in [0.2, 0.25) is 0 Å². The van der Waals surface area contributed by atoms with Crippen molar-refractivity contribution in [1.82, 2.24) is 0 Å². The Hall–Kier alpha value is -3.60. The molecule has 0 saturated carbocycles. The number of rotatable bonds is 8. The molecule has 0 spiro atoms. The van der Waals surface area contributed by atoms with Crippen molar-refractivity contribution in [1.29, 1.82) is 5.41 Å². The second kappa shape index (κ2) is 8.82. The van der Waals surface area contributed by atoms with E-state index in [1.165, 1.54) is 0 Å². The molecule has 30 heavy (non-hydrogen) atoms. The molecule has 0 fully saturated rings. The topological polar surface area (TPSA) is 99.2 Å². The van der Waals surface area contributed by atoms with Gasteiger partial charge in [-0.15, -0.1) is 0 Å². The summed E-state index contributed by atoms with van der Waals surface area (Å²) in [6.07, 6.45) is 1.16. The minimum absolute atomic E-state index is 0.0226. The van der Waals surface area contributed by atoms with Crippen LogP contribution >= 0.6 is 0 Å². The van der Waals surface area contributed by atoms with Gasteiger partial charge in [-0.3, -0.25) is 5.41 Å². The molecule has 3 aromatic rings. The molecular weight excluding hydrogens is 374 g/mol. The van der Waals surface area contributed by atoms with Gasteiger partial charge < -0.3 is 16.2 Å². The van der Waals surface area contributed by atoms with Crippen LogP contribution in [0.25, 0.3) is 11.1 Å². The first-order chi connectivity index (χ1) is 14.4. The number of hydrogen-bond donors (Lipinski definition) is 4. The summed E-state index contributed by atoms with van der Waals surface area (Å²) in [6, 6.07) is 22.9. The lowest BCUT2D eigenvalue weighted by Crippen LogP contribution is -2.43. The normalized spacial score (nSPS) is 12.7. The molecule has 0 heterocycles. The molecule has 0 aliphatic rings. The van der Waals surface area contributed by atoms with Gasteiger partial charge in [0.15, 0.2) is 5.54 Å². The van der Waals surface area contributed by atoms with E-state index in [9.17, 15) is 9.90 Å². The molecule has 3 aromatic carbocycles. The Bertz CT molecular complexity index is 1050. The standard InChI is InChI=1S/C25H27N3O2/c1-3-17-16-20(12-15-22(17)18-8-6-5-7-9-18)25(4-2,24(29)30)28-21-13-10-19(11-14-21)23(26)27/h5-16,28H,3-4H2,1-2H3,(H3,26,27)(H,29,30). The number of carboxylic acid groups (broad SMARTS) is 1. The van der Waals surface area contributed by atoms with Crippen LogP contribution in [0.3, 0.4) is 0 Å². The molecule has 1 atom stereocenters. The summed E-state index contributed by atoms with van der Waals surface area (Å²) in [4.78, 5) is 12.5. The average Bonchev–Trinajstić information content (AvgIpc) is 2.77. The molecule has 0 amide bonds. The van der Waals surface area contributed by atoms with Crippen molar-refractivity contribution in [2.45, 2.75) is 32.2 Å². The molecule has 0 aromatic heterocycles. The van der Waals surface area contributed by atoms with Crippen molar-refractivity contribution in [2.75, 3.05) is 5.32 Å². The number of nitrogens with one attached hydrogen (secondary N) is 2. The van der Waals surface area contributed by atoms with Gasteiger partial charge in [-0.2, -0.15) is 0 Å². The molecule has 5 heteroatoms. The monoisotopic (exact) mass is 401 g/mol. The van der Waals surface area contributed by atoms with Crippen LogP contribution in [-0.2, 0) is 16.8 Å². The predicted octanol–water partition coefficient (Wildman–Crippen LogP) is 5.00. The van der Waals surface area contributed by atoms with E-state index in [1.54, 1.807) is 24.3 Å². The maximum absolute atomic E-state index is 12.5. The van der Waals surface area contributed by atoms with Crippen LogP contribution in [-0.4, -0.2) is 16.9 Å². The van der Waals surface area contributed by atoms with Gasteiger partial charge in [0, 0.05) is 11.3 Å². The lowest BCUT2D eigenvalue weighted by Gasteiger charge is -2.32. The number of hydrogen-bond acceptors (Lipinski definition) is 3.